The van der Waals surface area contributed by atoms with Crippen molar-refractivity contribution in [2.75, 3.05) is 24.7 Å². The molecule has 0 radical (unpaired) electrons. The monoisotopic (exact) mass is 239 g/mol. The topological polar surface area (TPSA) is 19.4 Å². The number of hydrogen-bond acceptors (Lipinski definition) is 3. The fraction of sp³-hybridized carbons (Fsp3) is 0.583. The third-order valence-corrected chi connectivity index (χ3v) is 3.67. The molecule has 0 aromatic carbocycles. The van der Waals surface area contributed by atoms with E-state index >= 15 is 0 Å². The predicted molar refractivity (Wildman–Crippen MR) is 68.0 cm³/mol. The maximum atomic E-state index is 6.36. The molecule has 0 spiro atoms. The lowest BCUT2D eigenvalue weighted by atomic mass is 10.1. The van der Waals surface area contributed by atoms with Crippen LogP contribution in [0.25, 0.3) is 0 Å². The van der Waals surface area contributed by atoms with Crippen molar-refractivity contribution < 1.29 is 0 Å². The van der Waals surface area contributed by atoms with E-state index in [0.717, 1.165) is 42.7 Å². The van der Waals surface area contributed by atoms with E-state index in [1.807, 2.05) is 13.1 Å². The van der Waals surface area contributed by atoms with Crippen LogP contribution in [0.1, 0.15) is 25.0 Å². The van der Waals surface area contributed by atoms with Crippen LogP contribution in [0, 0.1) is 6.92 Å². The molecule has 0 unspecified atom stereocenters. The fourth-order valence-electron chi connectivity index (χ4n) is 2.08. The van der Waals surface area contributed by atoms with E-state index in [2.05, 4.69) is 28.6 Å². The Morgan fingerprint density at radius 1 is 1.38 bits per heavy atom. The number of fused-ring (bicyclic) bond motifs is 1. The molecule has 1 aliphatic rings. The Labute approximate surface area is 102 Å². The molecule has 0 fully saturated rings. The van der Waals surface area contributed by atoms with Crippen LogP contribution in [0.5, 0.6) is 0 Å². The van der Waals surface area contributed by atoms with Crippen molar-refractivity contribution in [2.45, 2.75) is 27.3 Å². The zero-order chi connectivity index (χ0) is 11.7. The first-order valence-electron chi connectivity index (χ1n) is 5.78. The van der Waals surface area contributed by atoms with E-state index in [1.54, 1.807) is 0 Å². The molecule has 4 heteroatoms. The first-order chi connectivity index (χ1) is 7.67. The van der Waals surface area contributed by atoms with Crippen LogP contribution >= 0.6 is 11.6 Å². The number of nitrogens with zero attached hydrogens (tertiary/aromatic N) is 3. The van der Waals surface area contributed by atoms with E-state index in [4.69, 9.17) is 11.6 Å². The molecule has 2 heterocycles. The largest absolute Gasteiger partial charge is 0.344 e. The Morgan fingerprint density at radius 2 is 2.12 bits per heavy atom. The molecule has 0 amide bonds. The molecule has 1 aromatic heterocycles. The van der Waals surface area contributed by atoms with E-state index in [1.165, 1.54) is 5.56 Å². The molecule has 1 aromatic rings. The highest BCUT2D eigenvalue weighted by atomic mass is 35.5. The minimum absolute atomic E-state index is 0.876. The molecule has 0 bridgehead atoms. The summed E-state index contributed by atoms with van der Waals surface area (Å²) < 4.78 is 0. The summed E-state index contributed by atoms with van der Waals surface area (Å²) in [4.78, 5) is 9.16. The summed E-state index contributed by atoms with van der Waals surface area (Å²) >= 11 is 6.36. The van der Waals surface area contributed by atoms with Gasteiger partial charge >= 0.3 is 0 Å². The smallest absolute Gasteiger partial charge is 0.135 e. The molecule has 0 saturated heterocycles. The first kappa shape index (κ1) is 11.7. The van der Waals surface area contributed by atoms with Gasteiger partial charge < -0.3 is 4.90 Å². The minimum atomic E-state index is 0.876. The fourth-order valence-corrected chi connectivity index (χ4v) is 2.28. The molecule has 88 valence electrons. The van der Waals surface area contributed by atoms with Gasteiger partial charge in [0.25, 0.3) is 0 Å². The SMILES string of the molecule is CCN1Cc2c(ncc(C)c2Cl)N(CC)C1. The lowest BCUT2D eigenvalue weighted by Crippen LogP contribution is -2.42. The van der Waals surface area contributed by atoms with Crippen molar-refractivity contribution in [2.24, 2.45) is 0 Å². The van der Waals surface area contributed by atoms with Gasteiger partial charge in [0.1, 0.15) is 5.82 Å². The van der Waals surface area contributed by atoms with Crippen molar-refractivity contribution in [1.82, 2.24) is 9.88 Å². The number of pyridine rings is 1. The van der Waals surface area contributed by atoms with Gasteiger partial charge in [0.15, 0.2) is 0 Å². The Morgan fingerprint density at radius 3 is 2.75 bits per heavy atom. The number of halogens is 1. The highest BCUT2D eigenvalue weighted by Gasteiger charge is 2.24. The lowest BCUT2D eigenvalue weighted by Gasteiger charge is -2.37. The van der Waals surface area contributed by atoms with E-state index in [-0.39, 0.29) is 0 Å². The second-order valence-electron chi connectivity index (χ2n) is 4.20. The van der Waals surface area contributed by atoms with E-state index in [9.17, 15) is 0 Å². The second kappa shape index (κ2) is 4.60. The summed E-state index contributed by atoms with van der Waals surface area (Å²) in [6.45, 7) is 10.2. The Kier molecular flexibility index (Phi) is 3.36. The predicted octanol–water partition coefficient (Wildman–Crippen LogP) is 2.66. The van der Waals surface area contributed by atoms with Crippen molar-refractivity contribution in [3.8, 4) is 0 Å². The minimum Gasteiger partial charge on any atom is -0.344 e. The maximum absolute atomic E-state index is 6.36. The van der Waals surface area contributed by atoms with Crippen LogP contribution in [0.15, 0.2) is 6.20 Å². The van der Waals surface area contributed by atoms with Gasteiger partial charge in [-0.25, -0.2) is 4.98 Å². The van der Waals surface area contributed by atoms with Gasteiger partial charge in [0.2, 0.25) is 0 Å². The standard InChI is InChI=1S/C12H18ClN3/c1-4-15-7-10-11(13)9(3)6-14-12(10)16(5-2)8-15/h6H,4-5,7-8H2,1-3H3. The van der Waals surface area contributed by atoms with E-state index in [0.29, 0.717) is 0 Å². The number of rotatable bonds is 2. The molecule has 16 heavy (non-hydrogen) atoms. The van der Waals surface area contributed by atoms with Crippen molar-refractivity contribution >= 4 is 17.4 Å². The van der Waals surface area contributed by atoms with Gasteiger partial charge in [0, 0.05) is 24.8 Å². The van der Waals surface area contributed by atoms with Gasteiger partial charge in [-0.05, 0) is 26.0 Å². The van der Waals surface area contributed by atoms with Crippen molar-refractivity contribution in [1.29, 1.82) is 0 Å². The Hall–Kier alpha value is -0.800. The zero-order valence-corrected chi connectivity index (χ0v) is 10.9. The average Bonchev–Trinajstić information content (AvgIpc) is 2.32. The summed E-state index contributed by atoms with van der Waals surface area (Å²) in [6.07, 6.45) is 1.87. The summed E-state index contributed by atoms with van der Waals surface area (Å²) in [5.41, 5.74) is 2.24. The molecule has 2 rings (SSSR count). The van der Waals surface area contributed by atoms with E-state index < -0.39 is 0 Å². The van der Waals surface area contributed by atoms with Gasteiger partial charge in [0.05, 0.1) is 11.7 Å². The Bertz CT molecular complexity index is 392. The summed E-state index contributed by atoms with van der Waals surface area (Å²) in [6, 6.07) is 0. The summed E-state index contributed by atoms with van der Waals surface area (Å²) in [5, 5.41) is 0.876. The van der Waals surface area contributed by atoms with Crippen LogP contribution < -0.4 is 4.90 Å². The summed E-state index contributed by atoms with van der Waals surface area (Å²) in [5.74, 6) is 1.06. The zero-order valence-electron chi connectivity index (χ0n) is 10.1. The number of anilines is 1. The quantitative estimate of drug-likeness (QED) is 0.791. The van der Waals surface area contributed by atoms with Gasteiger partial charge in [-0.1, -0.05) is 18.5 Å². The number of hydrogen-bond donors (Lipinski definition) is 0. The second-order valence-corrected chi connectivity index (χ2v) is 4.58. The van der Waals surface area contributed by atoms with Crippen LogP contribution in [0.3, 0.4) is 0 Å². The van der Waals surface area contributed by atoms with Crippen molar-refractivity contribution in [3.05, 3.63) is 22.3 Å². The van der Waals surface area contributed by atoms with Gasteiger partial charge in [-0.2, -0.15) is 0 Å². The molecule has 0 N–H and O–H groups in total. The van der Waals surface area contributed by atoms with Gasteiger partial charge in [-0.3, -0.25) is 4.90 Å². The number of aryl methyl sites for hydroxylation is 1. The number of aromatic nitrogens is 1. The lowest BCUT2D eigenvalue weighted by molar-refractivity contribution is 0.265. The van der Waals surface area contributed by atoms with Crippen molar-refractivity contribution in [3.63, 3.8) is 0 Å². The first-order valence-corrected chi connectivity index (χ1v) is 6.16. The van der Waals surface area contributed by atoms with Gasteiger partial charge in [-0.15, -0.1) is 0 Å². The molecule has 3 nitrogen and oxygen atoms in total. The Balaban J connectivity index is 2.45. The highest BCUT2D eigenvalue weighted by molar-refractivity contribution is 6.32. The molecule has 0 atom stereocenters. The highest BCUT2D eigenvalue weighted by Crippen LogP contribution is 2.32. The molecule has 0 aliphatic carbocycles. The van der Waals surface area contributed by atoms with Crippen LogP contribution in [-0.2, 0) is 6.54 Å². The third kappa shape index (κ3) is 1.89. The van der Waals surface area contributed by atoms with Crippen LogP contribution in [0.2, 0.25) is 5.02 Å². The third-order valence-electron chi connectivity index (χ3n) is 3.14. The van der Waals surface area contributed by atoms with Crippen LogP contribution in [0.4, 0.5) is 5.82 Å². The summed E-state index contributed by atoms with van der Waals surface area (Å²) in [7, 11) is 0. The molecule has 1 aliphatic heterocycles. The maximum Gasteiger partial charge on any atom is 0.135 e. The molecular formula is C12H18ClN3. The molecule has 0 saturated carbocycles. The average molecular weight is 240 g/mol. The molecular weight excluding hydrogens is 222 g/mol. The van der Waals surface area contributed by atoms with Crippen LogP contribution in [-0.4, -0.2) is 29.6 Å². The normalized spacial score (nSPS) is 16.4.